The molecule has 0 bridgehead atoms. The molecular weight excluding hydrogens is 505 g/mol. The lowest BCUT2D eigenvalue weighted by atomic mass is 9.86. The smallest absolute Gasteiger partial charge is 0.254 e. The Morgan fingerprint density at radius 3 is 2.65 bits per heavy atom. The van der Waals surface area contributed by atoms with E-state index in [4.69, 9.17) is 10.8 Å². The lowest BCUT2D eigenvalue weighted by molar-refractivity contribution is -0.121. The predicted octanol–water partition coefficient (Wildman–Crippen LogP) is 5.21. The van der Waals surface area contributed by atoms with Crippen LogP contribution in [0.15, 0.2) is 59.7 Å². The van der Waals surface area contributed by atoms with Crippen molar-refractivity contribution in [2.45, 2.75) is 57.4 Å². The number of aromatic nitrogens is 2. The third kappa shape index (κ3) is 4.30. The molecule has 2 aliphatic heterocycles. The number of hydrogen-bond acceptors (Lipinski definition) is 4. The molecule has 206 valence electrons. The molecule has 8 heteroatoms. The molecule has 1 unspecified atom stereocenters. The van der Waals surface area contributed by atoms with E-state index in [1.165, 1.54) is 17.2 Å². The largest absolute Gasteiger partial charge is 0.371 e. The summed E-state index contributed by atoms with van der Waals surface area (Å²) in [5.41, 5.74) is 12.4. The van der Waals surface area contributed by atoms with Gasteiger partial charge in [0.25, 0.3) is 5.91 Å². The summed E-state index contributed by atoms with van der Waals surface area (Å²) in [6, 6.07) is 11.0. The topological polar surface area (TPSA) is 83.9 Å². The van der Waals surface area contributed by atoms with Gasteiger partial charge < -0.3 is 15.5 Å². The van der Waals surface area contributed by atoms with Crippen molar-refractivity contribution < 1.29 is 14.0 Å². The molecule has 2 aliphatic carbocycles. The van der Waals surface area contributed by atoms with Gasteiger partial charge in [0.05, 0.1) is 23.2 Å². The van der Waals surface area contributed by atoms with Gasteiger partial charge in [-0.1, -0.05) is 12.2 Å². The highest BCUT2D eigenvalue weighted by Crippen LogP contribution is 2.41. The number of primary amides is 1. The zero-order chi connectivity index (χ0) is 27.5. The van der Waals surface area contributed by atoms with E-state index in [0.29, 0.717) is 48.8 Å². The number of rotatable bonds is 5. The molecular formula is C32H34FN5O2. The van der Waals surface area contributed by atoms with Gasteiger partial charge in [-0.2, -0.15) is 5.10 Å². The van der Waals surface area contributed by atoms with Gasteiger partial charge in [-0.25, -0.2) is 8.91 Å². The van der Waals surface area contributed by atoms with Crippen LogP contribution < -0.4 is 10.6 Å². The van der Waals surface area contributed by atoms with Crippen molar-refractivity contribution >= 4 is 23.0 Å². The van der Waals surface area contributed by atoms with Crippen molar-refractivity contribution in [1.82, 2.24) is 14.5 Å². The summed E-state index contributed by atoms with van der Waals surface area (Å²) in [5.74, 6) is -0.460. The van der Waals surface area contributed by atoms with Crippen LogP contribution in [0.5, 0.6) is 0 Å². The van der Waals surface area contributed by atoms with Gasteiger partial charge in [-0.05, 0) is 93.0 Å². The summed E-state index contributed by atoms with van der Waals surface area (Å²) in [4.78, 5) is 29.4. The molecule has 2 aromatic heterocycles. The molecule has 2 amide bonds. The van der Waals surface area contributed by atoms with Crippen LogP contribution in [0.1, 0.15) is 67.4 Å². The quantitative estimate of drug-likeness (QED) is 0.483. The van der Waals surface area contributed by atoms with E-state index in [-0.39, 0.29) is 29.6 Å². The number of benzene rings is 1. The minimum atomic E-state index is -0.361. The minimum Gasteiger partial charge on any atom is -0.371 e. The fourth-order valence-corrected chi connectivity index (χ4v) is 6.71. The Balaban J connectivity index is 1.20. The monoisotopic (exact) mass is 539 g/mol. The van der Waals surface area contributed by atoms with Crippen LogP contribution in [0.3, 0.4) is 0 Å². The van der Waals surface area contributed by atoms with Gasteiger partial charge in [-0.15, -0.1) is 0 Å². The number of nitrogens with zero attached hydrogens (tertiary/aromatic N) is 4. The Hall–Kier alpha value is -3.94. The Kier molecular flexibility index (Phi) is 6.02. The van der Waals surface area contributed by atoms with E-state index >= 15 is 4.39 Å². The average molecular weight is 540 g/mol. The number of pyridine rings is 1. The second-order valence-electron chi connectivity index (χ2n) is 11.7. The summed E-state index contributed by atoms with van der Waals surface area (Å²) in [6.07, 6.45) is 10.2. The second-order valence-corrected chi connectivity index (χ2v) is 11.7. The van der Waals surface area contributed by atoms with Crippen molar-refractivity contribution in [1.29, 1.82) is 0 Å². The number of halogens is 1. The number of hydrogen-bond donors (Lipinski definition) is 1. The van der Waals surface area contributed by atoms with Crippen LogP contribution in [0.2, 0.25) is 0 Å². The number of carbonyl (C=O) groups excluding carboxylic acids is 2. The van der Waals surface area contributed by atoms with E-state index in [2.05, 4.69) is 19.1 Å². The highest BCUT2D eigenvalue weighted by molar-refractivity contribution is 5.96. The summed E-state index contributed by atoms with van der Waals surface area (Å²) in [5, 5.41) is 4.81. The number of anilines is 1. The molecule has 7 nitrogen and oxygen atoms in total. The number of fused-ring (bicyclic) bond motifs is 1. The average Bonchev–Trinajstić information content (AvgIpc) is 3.51. The Labute approximate surface area is 233 Å². The number of allylic oxidation sites excluding steroid dienone is 2. The number of nitrogens with two attached hydrogens (primary N) is 1. The maximum absolute atomic E-state index is 15.4. The van der Waals surface area contributed by atoms with Gasteiger partial charge in [0.15, 0.2) is 0 Å². The summed E-state index contributed by atoms with van der Waals surface area (Å²) in [7, 11) is 0. The molecule has 4 heterocycles. The molecule has 4 aliphatic rings. The van der Waals surface area contributed by atoms with Crippen molar-refractivity contribution in [2.24, 2.45) is 11.7 Å². The molecule has 0 radical (unpaired) electrons. The maximum atomic E-state index is 15.4. The van der Waals surface area contributed by atoms with Gasteiger partial charge in [0.2, 0.25) is 5.91 Å². The van der Waals surface area contributed by atoms with Crippen LogP contribution in [0.25, 0.3) is 16.8 Å². The first-order valence-corrected chi connectivity index (χ1v) is 14.4. The maximum Gasteiger partial charge on any atom is 0.254 e. The molecule has 1 saturated carbocycles. The lowest BCUT2D eigenvalue weighted by Crippen LogP contribution is -2.43. The first kappa shape index (κ1) is 25.1. The third-order valence-electron chi connectivity index (χ3n) is 9.18. The lowest BCUT2D eigenvalue weighted by Gasteiger charge is -2.38. The van der Waals surface area contributed by atoms with Crippen molar-refractivity contribution in [2.75, 3.05) is 24.5 Å². The number of amides is 2. The van der Waals surface area contributed by atoms with E-state index in [1.54, 1.807) is 6.07 Å². The summed E-state index contributed by atoms with van der Waals surface area (Å²) < 4.78 is 17.3. The highest BCUT2D eigenvalue weighted by atomic mass is 19.1. The van der Waals surface area contributed by atoms with E-state index < -0.39 is 0 Å². The van der Waals surface area contributed by atoms with Crippen LogP contribution in [-0.2, 0) is 4.79 Å². The van der Waals surface area contributed by atoms with Crippen molar-refractivity contribution in [3.05, 3.63) is 76.8 Å². The van der Waals surface area contributed by atoms with Gasteiger partial charge >= 0.3 is 0 Å². The van der Waals surface area contributed by atoms with Crippen LogP contribution in [0, 0.1) is 11.7 Å². The molecule has 1 saturated heterocycles. The van der Waals surface area contributed by atoms with E-state index in [0.717, 1.165) is 49.0 Å². The molecule has 2 N–H and O–H groups in total. The fourth-order valence-electron chi connectivity index (χ4n) is 6.71. The van der Waals surface area contributed by atoms with Gasteiger partial charge in [-0.3, -0.25) is 9.59 Å². The third-order valence-corrected chi connectivity index (χ3v) is 9.18. The van der Waals surface area contributed by atoms with E-state index in [9.17, 15) is 9.59 Å². The Morgan fingerprint density at radius 1 is 1.05 bits per heavy atom. The van der Waals surface area contributed by atoms with Gasteiger partial charge in [0, 0.05) is 48.1 Å². The van der Waals surface area contributed by atoms with E-state index in [1.807, 2.05) is 38.6 Å². The molecule has 3 aromatic rings. The SMILES string of the molecule is CC1C2=C(C=CCC2)CCN1C(=O)c1cc(C2CC2)n2nc(-c3ccc(N4CC[C@H](C(N)=O)C4)cc3F)cc2c1. The normalized spacial score (nSPS) is 22.8. The Morgan fingerprint density at radius 2 is 1.90 bits per heavy atom. The van der Waals surface area contributed by atoms with Crippen molar-refractivity contribution in [3.63, 3.8) is 0 Å². The first-order valence-electron chi connectivity index (χ1n) is 14.4. The molecule has 40 heavy (non-hydrogen) atoms. The van der Waals surface area contributed by atoms with Crippen LogP contribution in [-0.4, -0.2) is 52.0 Å². The van der Waals surface area contributed by atoms with Crippen molar-refractivity contribution in [3.8, 4) is 11.3 Å². The van der Waals surface area contributed by atoms with Crippen LogP contribution >= 0.6 is 0 Å². The van der Waals surface area contributed by atoms with Crippen LogP contribution in [0.4, 0.5) is 10.1 Å². The molecule has 1 aromatic carbocycles. The molecule has 7 rings (SSSR count). The highest BCUT2D eigenvalue weighted by Gasteiger charge is 2.33. The molecule has 0 spiro atoms. The standard InChI is InChI=1S/C32H34FN5O2/c1-19-26-5-3-2-4-20(26)11-13-37(19)32(40)23-14-25-17-29(35-38(25)30(15-23)21-6-7-21)27-9-8-24(16-28(27)33)36-12-10-22(18-36)31(34)39/h2,4,8-9,14-17,19,21-22H,3,5-7,10-13,18H2,1H3,(H2,34,39)/t19?,22-/m0/s1. The predicted molar refractivity (Wildman–Crippen MR) is 153 cm³/mol. The zero-order valence-corrected chi connectivity index (χ0v) is 22.8. The summed E-state index contributed by atoms with van der Waals surface area (Å²) in [6.45, 7) is 4.04. The summed E-state index contributed by atoms with van der Waals surface area (Å²) >= 11 is 0. The molecule has 2 fully saturated rings. The Bertz CT molecular complexity index is 1600. The fraction of sp³-hybridized carbons (Fsp3) is 0.406. The first-order chi connectivity index (χ1) is 19.4. The second kappa shape index (κ2) is 9.61. The minimum absolute atomic E-state index is 0.0520. The van der Waals surface area contributed by atoms with Gasteiger partial charge in [0.1, 0.15) is 5.82 Å². The molecule has 2 atom stereocenters. The zero-order valence-electron chi connectivity index (χ0n) is 22.8. The number of carbonyl (C=O) groups is 2.